The molecule has 7 N–H and O–H groups in total. The van der Waals surface area contributed by atoms with E-state index in [1.165, 1.54) is 14.2 Å². The lowest BCUT2D eigenvalue weighted by molar-refractivity contribution is -0.139. The molecule has 18 heteroatoms. The van der Waals surface area contributed by atoms with Gasteiger partial charge in [0.05, 0.1) is 20.8 Å². The maximum Gasteiger partial charge on any atom is 0.325 e. The summed E-state index contributed by atoms with van der Waals surface area (Å²) in [5.41, 5.74) is 12.1. The molecule has 2 aromatic carbocycles. The number of fused-ring (bicyclic) bond motifs is 2. The van der Waals surface area contributed by atoms with E-state index in [0.717, 1.165) is 58.0 Å². The second-order valence-corrected chi connectivity index (χ2v) is 14.6. The third kappa shape index (κ3) is 15.7. The number of nitrogens with two attached hydrogens (primary N) is 1. The largest absolute Gasteiger partial charge is 0.468 e. The first-order valence-corrected chi connectivity index (χ1v) is 20.0. The summed E-state index contributed by atoms with van der Waals surface area (Å²) in [6.07, 6.45) is 5.80. The van der Waals surface area contributed by atoms with Crippen LogP contribution >= 0.6 is 11.6 Å². The van der Waals surface area contributed by atoms with Gasteiger partial charge in [-0.05, 0) is 108 Å². The van der Waals surface area contributed by atoms with Gasteiger partial charge in [-0.3, -0.25) is 24.1 Å². The maximum atomic E-state index is 11.4. The van der Waals surface area contributed by atoms with Crippen molar-refractivity contribution in [2.45, 2.75) is 86.2 Å². The normalized spacial score (nSPS) is 12.4. The molecule has 0 saturated heterocycles. The molecule has 17 nitrogen and oxygen atoms in total. The van der Waals surface area contributed by atoms with Crippen molar-refractivity contribution >= 4 is 75.8 Å². The highest BCUT2D eigenvalue weighted by atomic mass is 35.5. The number of hydrogen-bond donors (Lipinski definition) is 6. The monoisotopic (exact) mass is 847 g/mol. The van der Waals surface area contributed by atoms with Gasteiger partial charge in [0.15, 0.2) is 0 Å². The highest BCUT2D eigenvalue weighted by Gasteiger charge is 2.17. The Balaban J connectivity index is 0.000000243. The molecular weight excluding hydrogens is 790 g/mol. The molecule has 0 saturated carbocycles. The third-order valence-electron chi connectivity index (χ3n) is 9.11. The number of rotatable bonds is 11. The number of anilines is 7. The lowest BCUT2D eigenvalue weighted by Gasteiger charge is -2.28. The number of hydrogen-bond acceptors (Lipinski definition) is 15. The van der Waals surface area contributed by atoms with Crippen molar-refractivity contribution in [3.63, 3.8) is 0 Å². The van der Waals surface area contributed by atoms with E-state index in [1.54, 1.807) is 12.4 Å². The summed E-state index contributed by atoms with van der Waals surface area (Å²) in [4.78, 5) is 63.3. The first-order chi connectivity index (χ1) is 28.6. The van der Waals surface area contributed by atoms with Crippen LogP contribution in [0.1, 0.15) is 69.7 Å². The van der Waals surface area contributed by atoms with Crippen LogP contribution in [0.15, 0.2) is 48.8 Å². The average Bonchev–Trinajstić information content (AvgIpc) is 3.22. The summed E-state index contributed by atoms with van der Waals surface area (Å²) in [6.45, 7) is 16.0. The molecule has 0 fully saturated rings. The van der Waals surface area contributed by atoms with E-state index in [-0.39, 0.29) is 36.8 Å². The van der Waals surface area contributed by atoms with Gasteiger partial charge in [-0.15, -0.1) is 0 Å². The number of ether oxygens (including phenoxy) is 2. The molecule has 4 aromatic rings. The van der Waals surface area contributed by atoms with Gasteiger partial charge in [-0.25, -0.2) is 15.0 Å². The number of halogens is 1. The molecule has 0 atom stereocenters. The number of carbonyl (C=O) groups is 4. The summed E-state index contributed by atoms with van der Waals surface area (Å²) in [7, 11) is 2.64. The zero-order chi connectivity index (χ0) is 44.4. The minimum absolute atomic E-state index is 0.0312. The van der Waals surface area contributed by atoms with Crippen molar-refractivity contribution in [2.75, 3.05) is 60.4 Å². The molecule has 324 valence electrons. The number of carbonyl (C=O) groups excluding carboxylic acids is 4. The number of methoxy groups -OCH3 is 2. The third-order valence-corrected chi connectivity index (χ3v) is 9.49. The van der Waals surface area contributed by atoms with Crippen molar-refractivity contribution in [1.82, 2.24) is 24.8 Å². The van der Waals surface area contributed by atoms with E-state index in [2.05, 4.69) is 95.5 Å². The fourth-order valence-corrected chi connectivity index (χ4v) is 6.11. The van der Waals surface area contributed by atoms with Crippen LogP contribution in [0.25, 0.3) is 0 Å². The van der Waals surface area contributed by atoms with Crippen LogP contribution in [0.2, 0.25) is 5.15 Å². The molecule has 0 aliphatic carbocycles. The fraction of sp³-hybridized carbons (Fsp3) is 0.429. The van der Waals surface area contributed by atoms with E-state index in [1.807, 2.05) is 50.2 Å². The van der Waals surface area contributed by atoms with Gasteiger partial charge in [0.2, 0.25) is 23.7 Å². The van der Waals surface area contributed by atoms with Gasteiger partial charge in [0, 0.05) is 71.2 Å². The number of benzene rings is 2. The van der Waals surface area contributed by atoms with Gasteiger partial charge in [0.25, 0.3) is 0 Å². The zero-order valence-electron chi connectivity index (χ0n) is 35.9. The predicted molar refractivity (Wildman–Crippen MR) is 236 cm³/mol. The van der Waals surface area contributed by atoms with Gasteiger partial charge in [-0.1, -0.05) is 18.5 Å². The molecule has 0 unspecified atom stereocenters. The Morgan fingerprint density at radius 2 is 1.27 bits per heavy atom. The highest BCUT2D eigenvalue weighted by Crippen LogP contribution is 2.28. The maximum absolute atomic E-state index is 11.4. The number of esters is 2. The van der Waals surface area contributed by atoms with E-state index in [0.29, 0.717) is 54.2 Å². The minimum Gasteiger partial charge on any atom is -0.468 e. The molecule has 2 amide bonds. The van der Waals surface area contributed by atoms with Crippen molar-refractivity contribution in [3.8, 4) is 0 Å². The molecule has 0 spiro atoms. The van der Waals surface area contributed by atoms with Crippen molar-refractivity contribution in [2.24, 2.45) is 5.73 Å². The van der Waals surface area contributed by atoms with Crippen LogP contribution in [-0.2, 0) is 41.5 Å². The molecule has 0 bridgehead atoms. The van der Waals surface area contributed by atoms with Gasteiger partial charge < -0.3 is 41.8 Å². The van der Waals surface area contributed by atoms with E-state index >= 15 is 0 Å². The molecule has 2 aliphatic rings. The summed E-state index contributed by atoms with van der Waals surface area (Å²) >= 11 is 5.97. The lowest BCUT2D eigenvalue weighted by atomic mass is 10.0. The fourth-order valence-electron chi connectivity index (χ4n) is 5.98. The molecule has 6 rings (SSSR count). The second-order valence-electron chi connectivity index (χ2n) is 14.2. The van der Waals surface area contributed by atoms with Gasteiger partial charge in [0.1, 0.15) is 17.5 Å². The second kappa shape index (κ2) is 24.2. The van der Waals surface area contributed by atoms with Crippen LogP contribution in [-0.4, -0.2) is 94.5 Å². The number of nitrogens with zero attached hydrogens (tertiary/aromatic N) is 5. The van der Waals surface area contributed by atoms with Crippen molar-refractivity contribution in [3.05, 3.63) is 76.2 Å². The molecule has 4 heterocycles. The van der Waals surface area contributed by atoms with Crippen molar-refractivity contribution in [1.29, 1.82) is 0 Å². The Morgan fingerprint density at radius 1 is 0.783 bits per heavy atom. The van der Waals surface area contributed by atoms with E-state index in [9.17, 15) is 19.2 Å². The average molecular weight is 848 g/mol. The topological polar surface area (TPSA) is 228 Å². The number of aromatic nitrogens is 4. The molecular formula is C42H58ClN11O6. The number of aryl methyl sites for hydroxylation is 4. The summed E-state index contributed by atoms with van der Waals surface area (Å²) in [5, 5.41) is 15.3. The standard InChI is InChI=1S/C17H19N5O3.C14H13ClN4O.C8H19N.C3H7NO2/c1-10-8-19-17(22-16(10)18-9-15(24)25-2)20-12-4-5-13-11(7-12)3-6-14(23)21-13;1-8-7-16-14(19-13(8)15)17-10-3-4-11-9(6-10)2-5-12(20)18-11;1-6-9(7(2)3)8(4)5;1-6-3(5)2-4/h4-5,7-8H,3,6,9H2,1-2H3,(H,21,23)(H2,18,19,20,22);3-4,6-7H,2,5H2,1H3,(H,18,20)(H,16,17,19);7-8H,6H2,1-5H3;2,4H2,1H3. The smallest absolute Gasteiger partial charge is 0.325 e. The SMILES string of the molecule is CCN(C(C)C)C(C)C.COC(=O)CN.COC(=O)CNc1nc(Nc2ccc3c(c2)CCC(=O)N3)ncc1C.Cc1cnc(Nc2ccc3c(c2)CCC(=O)N3)nc1Cl. The number of nitrogens with one attached hydrogen (secondary N) is 5. The first kappa shape index (κ1) is 48.5. The van der Waals surface area contributed by atoms with Crippen molar-refractivity contribution < 1.29 is 28.7 Å². The number of amides is 2. The zero-order valence-corrected chi connectivity index (χ0v) is 36.6. The first-order valence-electron chi connectivity index (χ1n) is 19.6. The van der Waals surface area contributed by atoms with E-state index in [4.69, 9.17) is 17.3 Å². The highest BCUT2D eigenvalue weighted by molar-refractivity contribution is 6.30. The van der Waals surface area contributed by atoms with Crippen LogP contribution < -0.4 is 32.3 Å². The lowest BCUT2D eigenvalue weighted by Crippen LogP contribution is -2.36. The predicted octanol–water partition coefficient (Wildman–Crippen LogP) is 6.31. The van der Waals surface area contributed by atoms with Gasteiger partial charge >= 0.3 is 11.9 Å². The Hall–Kier alpha value is -5.91. The van der Waals surface area contributed by atoms with Crippen LogP contribution in [0.5, 0.6) is 0 Å². The quantitative estimate of drug-likeness (QED) is 0.0718. The summed E-state index contributed by atoms with van der Waals surface area (Å²) in [5.74, 6) is 0.786. The van der Waals surface area contributed by atoms with E-state index < -0.39 is 0 Å². The Bertz CT molecular complexity index is 2070. The van der Waals surface area contributed by atoms with Gasteiger partial charge in [-0.2, -0.15) is 4.98 Å². The Kier molecular flexibility index (Phi) is 19.6. The summed E-state index contributed by atoms with van der Waals surface area (Å²) < 4.78 is 8.74. The summed E-state index contributed by atoms with van der Waals surface area (Å²) in [6, 6.07) is 12.8. The molecule has 60 heavy (non-hydrogen) atoms. The van der Waals surface area contributed by atoms with Crippen LogP contribution in [0.3, 0.4) is 0 Å². The van der Waals surface area contributed by atoms with Crippen LogP contribution in [0.4, 0.5) is 40.5 Å². The minimum atomic E-state index is -0.380. The molecule has 2 aromatic heterocycles. The molecule has 0 radical (unpaired) electrons. The van der Waals surface area contributed by atoms with Crippen LogP contribution in [0, 0.1) is 13.8 Å². The Morgan fingerprint density at radius 3 is 1.67 bits per heavy atom. The Labute approximate surface area is 357 Å². The molecule has 2 aliphatic heterocycles.